The molecule has 1 N–H and O–H groups in total. The van der Waals surface area contributed by atoms with Crippen LogP contribution >= 0.6 is 0 Å². The number of pyridine rings is 1. The molecule has 0 fully saturated rings. The number of fused-ring (bicyclic) bond motifs is 1. The van der Waals surface area contributed by atoms with Crippen molar-refractivity contribution < 1.29 is 14.7 Å². The number of benzene rings is 2. The average Bonchev–Trinajstić information content (AvgIpc) is 3.49. The van der Waals surface area contributed by atoms with Crippen molar-refractivity contribution in [3.8, 4) is 28.7 Å². The fourth-order valence-corrected chi connectivity index (χ4v) is 4.17. The van der Waals surface area contributed by atoms with E-state index in [0.717, 1.165) is 5.56 Å². The maximum atomic E-state index is 13.4. The third kappa shape index (κ3) is 3.81. The fraction of sp³-hybridized carbons (Fsp3) is 0.154. The molecule has 0 saturated carbocycles. The molecule has 4 aromatic rings. The molecule has 1 aliphatic heterocycles. The molecule has 3 heterocycles. The van der Waals surface area contributed by atoms with E-state index in [1.807, 2.05) is 36.6 Å². The number of carboxylic acid groups (broad SMARTS) is 1. The average molecular weight is 464 g/mol. The zero-order valence-corrected chi connectivity index (χ0v) is 19.0. The molecule has 9 nitrogen and oxygen atoms in total. The van der Waals surface area contributed by atoms with Crippen LogP contribution in [0.1, 0.15) is 51.7 Å². The van der Waals surface area contributed by atoms with Gasteiger partial charge in [0.05, 0.1) is 23.7 Å². The SMILES string of the molecule is CC(C)n1cnnc1-c1cccc(N2Cc3ccc(-c4cc(C(=O)O)ccc4C#N)cc3C2=O)n1. The van der Waals surface area contributed by atoms with E-state index in [-0.39, 0.29) is 17.5 Å². The Morgan fingerprint density at radius 2 is 1.94 bits per heavy atom. The number of carbonyl (C=O) groups is 2. The number of aromatic carboxylic acids is 1. The molecular weight excluding hydrogens is 444 g/mol. The number of amides is 1. The molecule has 0 aliphatic carbocycles. The molecule has 9 heteroatoms. The van der Waals surface area contributed by atoms with E-state index in [2.05, 4.69) is 21.3 Å². The monoisotopic (exact) mass is 464 g/mol. The Kier molecular flexibility index (Phi) is 5.34. The van der Waals surface area contributed by atoms with E-state index < -0.39 is 5.97 Å². The molecule has 172 valence electrons. The molecule has 2 aromatic heterocycles. The molecule has 0 bridgehead atoms. The first-order chi connectivity index (χ1) is 16.9. The van der Waals surface area contributed by atoms with Gasteiger partial charge in [-0.05, 0) is 61.4 Å². The second-order valence-corrected chi connectivity index (χ2v) is 8.48. The highest BCUT2D eigenvalue weighted by molar-refractivity contribution is 6.10. The van der Waals surface area contributed by atoms with Crippen LogP contribution in [0.5, 0.6) is 0 Å². The van der Waals surface area contributed by atoms with E-state index in [1.54, 1.807) is 29.4 Å². The highest BCUT2D eigenvalue weighted by Gasteiger charge is 2.30. The van der Waals surface area contributed by atoms with Gasteiger partial charge in [-0.25, -0.2) is 9.78 Å². The number of nitriles is 1. The quantitative estimate of drug-likeness (QED) is 0.466. The molecule has 0 saturated heterocycles. The summed E-state index contributed by atoms with van der Waals surface area (Å²) < 4.78 is 1.91. The summed E-state index contributed by atoms with van der Waals surface area (Å²) in [6.45, 7) is 4.40. The Bertz CT molecular complexity index is 1530. The van der Waals surface area contributed by atoms with Crippen LogP contribution in [0.25, 0.3) is 22.6 Å². The van der Waals surface area contributed by atoms with Crippen molar-refractivity contribution in [2.45, 2.75) is 26.4 Å². The number of nitrogens with zero attached hydrogens (tertiary/aromatic N) is 6. The lowest BCUT2D eigenvalue weighted by atomic mass is 9.95. The van der Waals surface area contributed by atoms with Crippen molar-refractivity contribution in [1.82, 2.24) is 19.7 Å². The zero-order valence-electron chi connectivity index (χ0n) is 19.0. The first kappa shape index (κ1) is 22.0. The number of carboxylic acids is 1. The van der Waals surface area contributed by atoms with Gasteiger partial charge in [0.15, 0.2) is 5.82 Å². The third-order valence-corrected chi connectivity index (χ3v) is 5.98. The Morgan fingerprint density at radius 3 is 2.69 bits per heavy atom. The molecular formula is C26H20N6O3. The molecule has 1 amide bonds. The zero-order chi connectivity index (χ0) is 24.7. The van der Waals surface area contributed by atoms with Crippen molar-refractivity contribution in [1.29, 1.82) is 5.26 Å². The smallest absolute Gasteiger partial charge is 0.335 e. The van der Waals surface area contributed by atoms with Gasteiger partial charge >= 0.3 is 5.97 Å². The molecule has 1 aliphatic rings. The normalized spacial score (nSPS) is 12.6. The maximum Gasteiger partial charge on any atom is 0.335 e. The molecule has 2 aromatic carbocycles. The van der Waals surface area contributed by atoms with Gasteiger partial charge < -0.3 is 9.67 Å². The topological polar surface area (TPSA) is 125 Å². The first-order valence-corrected chi connectivity index (χ1v) is 11.0. The molecule has 0 atom stereocenters. The number of aromatic nitrogens is 4. The number of hydrogen-bond donors (Lipinski definition) is 1. The first-order valence-electron chi connectivity index (χ1n) is 11.0. The van der Waals surface area contributed by atoms with Crippen molar-refractivity contribution in [2.75, 3.05) is 4.90 Å². The lowest BCUT2D eigenvalue weighted by molar-refractivity contribution is 0.0696. The minimum atomic E-state index is -1.08. The molecule has 35 heavy (non-hydrogen) atoms. The van der Waals surface area contributed by atoms with Crippen molar-refractivity contribution >= 4 is 17.7 Å². The van der Waals surface area contributed by atoms with Gasteiger partial charge in [0.1, 0.15) is 17.8 Å². The fourth-order valence-electron chi connectivity index (χ4n) is 4.17. The van der Waals surface area contributed by atoms with Gasteiger partial charge in [-0.1, -0.05) is 18.2 Å². The van der Waals surface area contributed by atoms with E-state index >= 15 is 0 Å². The van der Waals surface area contributed by atoms with Crippen molar-refractivity contribution in [3.63, 3.8) is 0 Å². The summed E-state index contributed by atoms with van der Waals surface area (Å²) in [4.78, 5) is 31.1. The molecule has 0 unspecified atom stereocenters. The largest absolute Gasteiger partial charge is 0.478 e. The van der Waals surface area contributed by atoms with E-state index in [9.17, 15) is 20.0 Å². The van der Waals surface area contributed by atoms with Crippen molar-refractivity contribution in [3.05, 3.63) is 83.2 Å². The second-order valence-electron chi connectivity index (χ2n) is 8.48. The number of anilines is 1. The van der Waals surface area contributed by atoms with Crippen molar-refractivity contribution in [2.24, 2.45) is 0 Å². The van der Waals surface area contributed by atoms with Gasteiger partial charge in [-0.15, -0.1) is 10.2 Å². The van der Waals surface area contributed by atoms with Crippen LogP contribution in [0.3, 0.4) is 0 Å². The van der Waals surface area contributed by atoms with Gasteiger partial charge in [0, 0.05) is 17.2 Å². The van der Waals surface area contributed by atoms with E-state index in [4.69, 9.17) is 0 Å². The minimum Gasteiger partial charge on any atom is -0.478 e. The summed E-state index contributed by atoms with van der Waals surface area (Å²) in [5.41, 5.74) is 3.40. The Balaban J connectivity index is 1.50. The van der Waals surface area contributed by atoms with Crippen LogP contribution in [-0.2, 0) is 6.54 Å². The van der Waals surface area contributed by atoms with Crippen LogP contribution in [0.15, 0.2) is 60.9 Å². The van der Waals surface area contributed by atoms with Crippen LogP contribution in [0.2, 0.25) is 0 Å². The number of rotatable bonds is 5. The molecule has 5 rings (SSSR count). The predicted octanol–water partition coefficient (Wildman–Crippen LogP) is 4.32. The van der Waals surface area contributed by atoms with Gasteiger partial charge in [0.2, 0.25) is 0 Å². The lowest BCUT2D eigenvalue weighted by Gasteiger charge is -2.16. The molecule has 0 radical (unpaired) electrons. The Hall–Kier alpha value is -4.84. The standard InChI is InChI=1S/C26H20N6O3/c1-15(2)32-14-28-30-24(32)22-4-3-5-23(29-22)31-13-19-9-6-16(10-21(19)25(31)33)20-11-17(26(34)35)7-8-18(20)12-27/h3-11,14-15H,13H2,1-2H3,(H,34,35). The highest BCUT2D eigenvalue weighted by Crippen LogP contribution is 2.33. The second kappa shape index (κ2) is 8.50. The van der Waals surface area contributed by atoms with Gasteiger partial charge in [0.25, 0.3) is 5.91 Å². The summed E-state index contributed by atoms with van der Waals surface area (Å²) in [5, 5.41) is 27.1. The summed E-state index contributed by atoms with van der Waals surface area (Å²) in [6, 6.07) is 17.3. The van der Waals surface area contributed by atoms with Gasteiger partial charge in [-0.2, -0.15) is 5.26 Å². The molecule has 0 spiro atoms. The third-order valence-electron chi connectivity index (χ3n) is 5.98. The predicted molar refractivity (Wildman–Crippen MR) is 128 cm³/mol. The summed E-state index contributed by atoms with van der Waals surface area (Å²) in [7, 11) is 0. The summed E-state index contributed by atoms with van der Waals surface area (Å²) in [5.74, 6) is -0.187. The summed E-state index contributed by atoms with van der Waals surface area (Å²) >= 11 is 0. The van der Waals surface area contributed by atoms with Crippen LogP contribution in [-0.4, -0.2) is 36.7 Å². The van der Waals surface area contributed by atoms with Crippen LogP contribution < -0.4 is 4.90 Å². The maximum absolute atomic E-state index is 13.4. The van der Waals surface area contributed by atoms with E-state index in [1.165, 1.54) is 18.2 Å². The lowest BCUT2D eigenvalue weighted by Crippen LogP contribution is -2.24. The van der Waals surface area contributed by atoms with Crippen LogP contribution in [0, 0.1) is 11.3 Å². The Labute approximate surface area is 200 Å². The van der Waals surface area contributed by atoms with Gasteiger partial charge in [-0.3, -0.25) is 9.69 Å². The Morgan fingerprint density at radius 1 is 1.11 bits per heavy atom. The van der Waals surface area contributed by atoms with Crippen LogP contribution in [0.4, 0.5) is 5.82 Å². The van der Waals surface area contributed by atoms with E-state index in [0.29, 0.717) is 46.1 Å². The highest BCUT2D eigenvalue weighted by atomic mass is 16.4. The number of hydrogen-bond acceptors (Lipinski definition) is 6. The minimum absolute atomic E-state index is 0.0720. The number of carbonyl (C=O) groups excluding carboxylic acids is 1. The summed E-state index contributed by atoms with van der Waals surface area (Å²) in [6.07, 6.45) is 1.65.